The molecule has 2 fully saturated rings. The second-order valence-electron chi connectivity index (χ2n) is 11.7. The van der Waals surface area contributed by atoms with E-state index in [0.29, 0.717) is 10.8 Å². The van der Waals surface area contributed by atoms with Crippen LogP contribution in [0.25, 0.3) is 0 Å². The van der Waals surface area contributed by atoms with Crippen molar-refractivity contribution in [3.63, 3.8) is 0 Å². The van der Waals surface area contributed by atoms with Crippen molar-refractivity contribution in [1.82, 2.24) is 0 Å². The fraction of sp³-hybridized carbons (Fsp3) is 0.852. The van der Waals surface area contributed by atoms with E-state index in [2.05, 4.69) is 40.7 Å². The minimum Gasteiger partial charge on any atom is -0.393 e. The second-order valence-corrected chi connectivity index (χ2v) is 11.7. The predicted octanol–water partition coefficient (Wildman–Crippen LogP) is 7.45. The third-order valence-corrected chi connectivity index (χ3v) is 9.90. The monoisotopic (exact) mass is 384 g/mol. The summed E-state index contributed by atoms with van der Waals surface area (Å²) >= 11 is 0. The molecule has 2 saturated carbocycles. The Bertz CT molecular complexity index is 653. The first-order valence-electron chi connectivity index (χ1n) is 12.3. The Morgan fingerprint density at radius 3 is 2.64 bits per heavy atom. The molecule has 0 bridgehead atoms. The molecule has 4 rings (SSSR count). The van der Waals surface area contributed by atoms with Crippen LogP contribution in [0.4, 0.5) is 0 Å². The number of hydrogen-bond acceptors (Lipinski definition) is 1. The van der Waals surface area contributed by atoms with E-state index in [9.17, 15) is 5.11 Å². The van der Waals surface area contributed by atoms with Crippen LogP contribution in [0.3, 0.4) is 0 Å². The van der Waals surface area contributed by atoms with E-state index in [1.54, 1.807) is 0 Å². The number of hydrogen-bond donors (Lipinski definition) is 1. The van der Waals surface area contributed by atoms with Crippen molar-refractivity contribution in [3.05, 3.63) is 22.8 Å². The Balaban J connectivity index is 1.55. The van der Waals surface area contributed by atoms with Gasteiger partial charge >= 0.3 is 0 Å². The minimum atomic E-state index is -0.0356. The van der Waals surface area contributed by atoms with Gasteiger partial charge in [-0.05, 0) is 119 Å². The van der Waals surface area contributed by atoms with Gasteiger partial charge in [-0.15, -0.1) is 0 Å². The highest BCUT2D eigenvalue weighted by Gasteiger charge is 2.55. The third kappa shape index (κ3) is 3.34. The van der Waals surface area contributed by atoms with E-state index >= 15 is 0 Å². The quantitative estimate of drug-likeness (QED) is 0.499. The SMILES string of the molecule is CC(C)=CCC[C@H](C)[C@H]1CC[C@H]2C3=C(CC[C@@]12C)[C@@]1(C)CC[C@@H](O)C[C@@H]1CC3. The average Bonchev–Trinajstić information content (AvgIpc) is 2.99. The van der Waals surface area contributed by atoms with Gasteiger partial charge in [0.05, 0.1) is 6.10 Å². The van der Waals surface area contributed by atoms with Crippen LogP contribution in [0, 0.1) is 34.5 Å². The standard InChI is InChI=1S/C27H44O/c1-18(2)7-6-8-19(3)23-11-12-24-22-10-9-20-17-21(28)13-15-26(20,4)25(22)14-16-27(23,24)5/h7,19-21,23-24,28H,6,8-17H2,1-5H3/t19-,20-,21+,23+,24-,26-,27-/m0/s1. The van der Waals surface area contributed by atoms with Gasteiger partial charge in [-0.25, -0.2) is 0 Å². The van der Waals surface area contributed by atoms with Gasteiger partial charge in [-0.1, -0.05) is 43.6 Å². The Morgan fingerprint density at radius 2 is 1.89 bits per heavy atom. The van der Waals surface area contributed by atoms with Crippen molar-refractivity contribution < 1.29 is 5.11 Å². The Labute approximate surface area is 174 Å². The number of aliphatic hydroxyl groups excluding tert-OH is 1. The van der Waals surface area contributed by atoms with Crippen molar-refractivity contribution in [2.45, 2.75) is 111 Å². The molecular weight excluding hydrogens is 340 g/mol. The van der Waals surface area contributed by atoms with Gasteiger partial charge in [0.2, 0.25) is 0 Å². The molecule has 0 amide bonds. The summed E-state index contributed by atoms with van der Waals surface area (Å²) in [6.07, 6.45) is 16.7. The van der Waals surface area contributed by atoms with Gasteiger partial charge in [0.15, 0.2) is 0 Å². The zero-order valence-corrected chi connectivity index (χ0v) is 19.2. The first kappa shape index (κ1) is 20.7. The van der Waals surface area contributed by atoms with Crippen LogP contribution in [0.1, 0.15) is 105 Å². The molecule has 0 aromatic carbocycles. The van der Waals surface area contributed by atoms with Crippen molar-refractivity contribution in [1.29, 1.82) is 0 Å². The smallest absolute Gasteiger partial charge is 0.0543 e. The summed E-state index contributed by atoms with van der Waals surface area (Å²) in [6.45, 7) is 12.2. The summed E-state index contributed by atoms with van der Waals surface area (Å²) in [7, 11) is 0. The van der Waals surface area contributed by atoms with E-state index < -0.39 is 0 Å². The van der Waals surface area contributed by atoms with Crippen molar-refractivity contribution >= 4 is 0 Å². The lowest BCUT2D eigenvalue weighted by Gasteiger charge is -2.55. The summed E-state index contributed by atoms with van der Waals surface area (Å²) < 4.78 is 0. The van der Waals surface area contributed by atoms with Gasteiger partial charge in [0.1, 0.15) is 0 Å². The number of allylic oxidation sites excluding steroid dienone is 4. The summed E-state index contributed by atoms with van der Waals surface area (Å²) in [5.41, 5.74) is 6.19. The maximum atomic E-state index is 10.2. The summed E-state index contributed by atoms with van der Waals surface area (Å²) in [4.78, 5) is 0. The van der Waals surface area contributed by atoms with E-state index in [4.69, 9.17) is 0 Å². The maximum Gasteiger partial charge on any atom is 0.0543 e. The average molecular weight is 385 g/mol. The van der Waals surface area contributed by atoms with E-state index in [1.165, 1.54) is 63.4 Å². The molecule has 158 valence electrons. The molecule has 0 aliphatic heterocycles. The van der Waals surface area contributed by atoms with Crippen LogP contribution < -0.4 is 0 Å². The molecule has 4 aliphatic rings. The van der Waals surface area contributed by atoms with Crippen LogP contribution >= 0.6 is 0 Å². The molecule has 1 nitrogen and oxygen atoms in total. The highest BCUT2D eigenvalue weighted by molar-refractivity contribution is 5.34. The van der Waals surface area contributed by atoms with E-state index in [1.807, 2.05) is 11.1 Å². The molecular formula is C27H44O. The first-order valence-corrected chi connectivity index (χ1v) is 12.3. The van der Waals surface area contributed by atoms with Gasteiger partial charge < -0.3 is 5.11 Å². The normalized spacial score (nSPS) is 43.8. The van der Waals surface area contributed by atoms with Crippen LogP contribution in [0.5, 0.6) is 0 Å². The van der Waals surface area contributed by atoms with E-state index in [0.717, 1.165) is 36.5 Å². The zero-order chi connectivity index (χ0) is 20.1. The van der Waals surface area contributed by atoms with Crippen LogP contribution in [0.2, 0.25) is 0 Å². The molecule has 1 N–H and O–H groups in total. The lowest BCUT2D eigenvalue weighted by Crippen LogP contribution is -2.45. The molecule has 0 unspecified atom stereocenters. The molecule has 0 saturated heterocycles. The Hall–Kier alpha value is -0.560. The largest absolute Gasteiger partial charge is 0.393 e. The number of aliphatic hydroxyl groups is 1. The number of rotatable bonds is 4. The molecule has 0 radical (unpaired) electrons. The predicted molar refractivity (Wildman–Crippen MR) is 119 cm³/mol. The van der Waals surface area contributed by atoms with Crippen molar-refractivity contribution in [3.8, 4) is 0 Å². The lowest BCUT2D eigenvalue weighted by molar-refractivity contribution is 0.0133. The van der Waals surface area contributed by atoms with Gasteiger partial charge in [0.25, 0.3) is 0 Å². The summed E-state index contributed by atoms with van der Waals surface area (Å²) in [5.74, 6) is 3.36. The molecule has 28 heavy (non-hydrogen) atoms. The van der Waals surface area contributed by atoms with Gasteiger partial charge in [-0.2, -0.15) is 0 Å². The van der Waals surface area contributed by atoms with E-state index in [-0.39, 0.29) is 6.10 Å². The highest BCUT2D eigenvalue weighted by atomic mass is 16.3. The third-order valence-electron chi connectivity index (χ3n) is 9.90. The summed E-state index contributed by atoms with van der Waals surface area (Å²) in [6, 6.07) is 0. The molecule has 0 spiro atoms. The Morgan fingerprint density at radius 1 is 1.11 bits per heavy atom. The summed E-state index contributed by atoms with van der Waals surface area (Å²) in [5, 5.41) is 10.2. The molecule has 0 aromatic rings. The van der Waals surface area contributed by atoms with Crippen LogP contribution in [0.15, 0.2) is 22.8 Å². The highest BCUT2D eigenvalue weighted by Crippen LogP contribution is 2.65. The first-order chi connectivity index (χ1) is 13.3. The molecule has 4 aliphatic carbocycles. The van der Waals surface area contributed by atoms with Crippen molar-refractivity contribution in [2.75, 3.05) is 0 Å². The molecule has 1 heteroatoms. The molecule has 0 aromatic heterocycles. The van der Waals surface area contributed by atoms with Crippen LogP contribution in [-0.2, 0) is 0 Å². The molecule has 0 heterocycles. The zero-order valence-electron chi connectivity index (χ0n) is 19.2. The fourth-order valence-electron chi connectivity index (χ4n) is 8.25. The Kier molecular flexibility index (Phi) is 5.62. The van der Waals surface area contributed by atoms with Gasteiger partial charge in [0, 0.05) is 0 Å². The topological polar surface area (TPSA) is 20.2 Å². The maximum absolute atomic E-state index is 10.2. The minimum absolute atomic E-state index is 0.0356. The fourth-order valence-corrected chi connectivity index (χ4v) is 8.25. The van der Waals surface area contributed by atoms with Crippen molar-refractivity contribution in [2.24, 2.45) is 34.5 Å². The second kappa shape index (κ2) is 7.60. The number of fused-ring (bicyclic) bond motifs is 4. The van der Waals surface area contributed by atoms with Gasteiger partial charge in [-0.3, -0.25) is 0 Å². The van der Waals surface area contributed by atoms with Crippen LogP contribution in [-0.4, -0.2) is 11.2 Å². The molecule has 7 atom stereocenters. The lowest BCUT2D eigenvalue weighted by atomic mass is 9.50.